The molecule has 0 N–H and O–H groups in total. The number of esters is 1. The van der Waals surface area contributed by atoms with Gasteiger partial charge in [0.25, 0.3) is 0 Å². The highest BCUT2D eigenvalue weighted by molar-refractivity contribution is 6.16. The van der Waals surface area contributed by atoms with Gasteiger partial charge in [0.1, 0.15) is 11.3 Å². The van der Waals surface area contributed by atoms with Gasteiger partial charge in [0, 0.05) is 11.1 Å². The molecule has 110 valence electrons. The van der Waals surface area contributed by atoms with Crippen molar-refractivity contribution in [1.29, 1.82) is 0 Å². The van der Waals surface area contributed by atoms with Gasteiger partial charge in [-0.25, -0.2) is 4.79 Å². The van der Waals surface area contributed by atoms with Crippen molar-refractivity contribution >= 4 is 11.8 Å². The zero-order valence-electron chi connectivity index (χ0n) is 12.1. The first kappa shape index (κ1) is 12.2. The van der Waals surface area contributed by atoms with Crippen molar-refractivity contribution in [1.82, 2.24) is 4.57 Å². The average Bonchev–Trinajstić information content (AvgIpc) is 3.13. The molecule has 3 heterocycles. The van der Waals surface area contributed by atoms with E-state index in [1.807, 2.05) is 30.3 Å². The summed E-state index contributed by atoms with van der Waals surface area (Å²) in [5.41, 5.74) is 3.07. The van der Waals surface area contributed by atoms with Gasteiger partial charge in [-0.15, -0.1) is 0 Å². The number of fused-ring (bicyclic) bond motifs is 6. The molecule has 3 aliphatic rings. The van der Waals surface area contributed by atoms with E-state index in [1.54, 1.807) is 4.57 Å². The largest absolute Gasteiger partial charge is 0.449 e. The van der Waals surface area contributed by atoms with Crippen molar-refractivity contribution in [2.45, 2.75) is 37.7 Å². The van der Waals surface area contributed by atoms with Gasteiger partial charge in [-0.3, -0.25) is 9.36 Å². The Morgan fingerprint density at radius 3 is 2.64 bits per heavy atom. The molecule has 2 aliphatic heterocycles. The van der Waals surface area contributed by atoms with Crippen LogP contribution in [0.3, 0.4) is 0 Å². The molecule has 1 fully saturated rings. The summed E-state index contributed by atoms with van der Waals surface area (Å²) in [6.07, 6.45) is 5.05. The van der Waals surface area contributed by atoms with Gasteiger partial charge in [0.2, 0.25) is 5.78 Å². The number of carbonyl (C=O) groups excluding carboxylic acids is 2. The highest BCUT2D eigenvalue weighted by Gasteiger charge is 2.50. The third kappa shape index (κ3) is 1.29. The monoisotopic (exact) mass is 293 g/mol. The molecular formula is C18H15NO3. The fourth-order valence-electron chi connectivity index (χ4n) is 4.25. The van der Waals surface area contributed by atoms with Crippen LogP contribution < -0.4 is 0 Å². The Morgan fingerprint density at radius 1 is 1.05 bits per heavy atom. The van der Waals surface area contributed by atoms with E-state index in [1.165, 1.54) is 6.42 Å². The van der Waals surface area contributed by atoms with Crippen molar-refractivity contribution < 1.29 is 14.3 Å². The van der Waals surface area contributed by atoms with Crippen LogP contribution in [0, 0.1) is 0 Å². The number of hydrogen-bond donors (Lipinski definition) is 0. The molecule has 1 aromatic carbocycles. The summed E-state index contributed by atoms with van der Waals surface area (Å²) in [7, 11) is 0. The molecule has 0 saturated heterocycles. The van der Waals surface area contributed by atoms with Crippen molar-refractivity contribution in [2.75, 3.05) is 0 Å². The van der Waals surface area contributed by atoms with Gasteiger partial charge >= 0.3 is 5.97 Å². The summed E-state index contributed by atoms with van der Waals surface area (Å²) in [4.78, 5) is 25.1. The number of hydrogen-bond acceptors (Lipinski definition) is 3. The third-order valence-corrected chi connectivity index (χ3v) is 5.26. The van der Waals surface area contributed by atoms with Crippen LogP contribution in [-0.2, 0) is 10.3 Å². The smallest absolute Gasteiger partial charge is 0.356 e. The molecule has 1 spiro atoms. The number of nitrogens with zero attached hydrogens (tertiary/aromatic N) is 1. The van der Waals surface area contributed by atoms with Crippen LogP contribution in [0.15, 0.2) is 30.3 Å². The maximum atomic E-state index is 12.6. The molecule has 4 heteroatoms. The Morgan fingerprint density at radius 2 is 1.82 bits per heavy atom. The zero-order valence-corrected chi connectivity index (χ0v) is 12.1. The number of carbonyl (C=O) groups is 2. The lowest BCUT2D eigenvalue weighted by Crippen LogP contribution is -2.28. The topological polar surface area (TPSA) is 48.3 Å². The molecule has 0 atom stereocenters. The number of ether oxygens (including phenoxy) is 1. The van der Waals surface area contributed by atoms with Crippen molar-refractivity contribution in [3.05, 3.63) is 52.8 Å². The molecule has 22 heavy (non-hydrogen) atoms. The Kier molecular flexibility index (Phi) is 2.16. The lowest BCUT2D eigenvalue weighted by molar-refractivity contribution is -0.0284. The lowest BCUT2D eigenvalue weighted by atomic mass is 9.80. The number of para-hydroxylation sites is 1. The van der Waals surface area contributed by atoms with Crippen LogP contribution in [0.1, 0.15) is 64.2 Å². The number of ketones is 1. The summed E-state index contributed by atoms with van der Waals surface area (Å²) in [6, 6.07) is 9.35. The number of benzene rings is 1. The van der Waals surface area contributed by atoms with Gasteiger partial charge < -0.3 is 4.74 Å². The summed E-state index contributed by atoms with van der Waals surface area (Å²) in [5, 5.41) is 0. The Labute approximate surface area is 127 Å². The minimum absolute atomic E-state index is 0.00348. The first-order chi connectivity index (χ1) is 10.7. The van der Waals surface area contributed by atoms with Crippen LogP contribution >= 0.6 is 0 Å². The van der Waals surface area contributed by atoms with Crippen molar-refractivity contribution in [2.24, 2.45) is 0 Å². The SMILES string of the molecule is O=C1c2ccccc2-n2c1cc1c2C(=O)OC12CCCCC2. The van der Waals surface area contributed by atoms with Gasteiger partial charge in [0.05, 0.1) is 11.4 Å². The molecule has 1 aliphatic carbocycles. The van der Waals surface area contributed by atoms with Crippen LogP contribution in [-0.4, -0.2) is 16.3 Å². The standard InChI is InChI=1S/C18H15NO3/c20-16-11-6-2-3-7-13(11)19-14(16)10-12-15(19)17(21)22-18(12)8-4-1-5-9-18/h2-3,6-7,10H,1,4-5,8-9H2. The second kappa shape index (κ2) is 3.88. The van der Waals surface area contributed by atoms with Crippen molar-refractivity contribution in [3.8, 4) is 5.69 Å². The predicted octanol–water partition coefficient (Wildman–Crippen LogP) is 3.35. The molecule has 4 nitrogen and oxygen atoms in total. The fraction of sp³-hybridized carbons (Fsp3) is 0.333. The second-order valence-corrected chi connectivity index (χ2v) is 6.42. The zero-order chi connectivity index (χ0) is 14.9. The molecule has 1 aromatic heterocycles. The highest BCUT2D eigenvalue weighted by Crippen LogP contribution is 2.49. The molecule has 0 radical (unpaired) electrons. The Balaban J connectivity index is 1.78. The Hall–Kier alpha value is -2.36. The van der Waals surface area contributed by atoms with Gasteiger partial charge in [-0.05, 0) is 43.9 Å². The lowest BCUT2D eigenvalue weighted by Gasteiger charge is -2.32. The maximum Gasteiger partial charge on any atom is 0.356 e. The molecular weight excluding hydrogens is 278 g/mol. The molecule has 0 unspecified atom stereocenters. The van der Waals surface area contributed by atoms with Gasteiger partial charge in [0.15, 0.2) is 0 Å². The predicted molar refractivity (Wildman–Crippen MR) is 79.4 cm³/mol. The molecule has 2 aromatic rings. The van der Waals surface area contributed by atoms with Crippen LogP contribution in [0.5, 0.6) is 0 Å². The van der Waals surface area contributed by atoms with Crippen LogP contribution in [0.4, 0.5) is 0 Å². The van der Waals surface area contributed by atoms with Gasteiger partial charge in [-0.2, -0.15) is 0 Å². The minimum atomic E-state index is -0.489. The summed E-state index contributed by atoms with van der Waals surface area (Å²) >= 11 is 0. The van der Waals surface area contributed by atoms with E-state index in [9.17, 15) is 9.59 Å². The van der Waals surface area contributed by atoms with E-state index in [0.717, 1.165) is 36.9 Å². The van der Waals surface area contributed by atoms with Crippen LogP contribution in [0.25, 0.3) is 5.69 Å². The molecule has 1 saturated carbocycles. The molecule has 0 amide bonds. The fourth-order valence-corrected chi connectivity index (χ4v) is 4.25. The van der Waals surface area contributed by atoms with Crippen LogP contribution in [0.2, 0.25) is 0 Å². The quantitative estimate of drug-likeness (QED) is 0.597. The van der Waals surface area contributed by atoms with E-state index in [2.05, 4.69) is 0 Å². The molecule has 0 bridgehead atoms. The Bertz CT molecular complexity index is 840. The summed E-state index contributed by atoms with van der Waals surface area (Å²) in [5.74, 6) is -0.281. The number of rotatable bonds is 0. The van der Waals surface area contributed by atoms with E-state index >= 15 is 0 Å². The first-order valence-electron chi connectivity index (χ1n) is 7.85. The van der Waals surface area contributed by atoms with E-state index < -0.39 is 5.60 Å². The summed E-state index contributed by atoms with van der Waals surface area (Å²) in [6.45, 7) is 0. The maximum absolute atomic E-state index is 12.6. The number of aromatic nitrogens is 1. The minimum Gasteiger partial charge on any atom is -0.449 e. The first-order valence-corrected chi connectivity index (χ1v) is 7.85. The van der Waals surface area contributed by atoms with E-state index in [-0.39, 0.29) is 11.8 Å². The normalized spacial score (nSPS) is 20.7. The third-order valence-electron chi connectivity index (χ3n) is 5.26. The highest BCUT2D eigenvalue weighted by atomic mass is 16.6. The van der Waals surface area contributed by atoms with Crippen molar-refractivity contribution in [3.63, 3.8) is 0 Å². The van der Waals surface area contributed by atoms with E-state index in [4.69, 9.17) is 4.74 Å². The molecule has 5 rings (SSSR count). The second-order valence-electron chi connectivity index (χ2n) is 6.42. The summed E-state index contributed by atoms with van der Waals surface area (Å²) < 4.78 is 7.61. The average molecular weight is 293 g/mol. The van der Waals surface area contributed by atoms with E-state index in [0.29, 0.717) is 17.0 Å². The van der Waals surface area contributed by atoms with Gasteiger partial charge in [-0.1, -0.05) is 18.6 Å².